The number of fused-ring (bicyclic) bond motifs is 1. The number of hydrogen-bond acceptors (Lipinski definition) is 5. The minimum absolute atomic E-state index is 0.0168. The smallest absolute Gasteiger partial charge is 0.163 e. The van der Waals surface area contributed by atoms with Crippen LogP contribution in [0.4, 0.5) is 0 Å². The van der Waals surface area contributed by atoms with Gasteiger partial charge in [0.05, 0.1) is 39.0 Å². The fourth-order valence-electron chi connectivity index (χ4n) is 2.74. The van der Waals surface area contributed by atoms with Crippen LogP contribution in [0.25, 0.3) is 22.4 Å². The maximum atomic E-state index is 9.45. The van der Waals surface area contributed by atoms with E-state index in [1.165, 1.54) is 0 Å². The molecule has 1 aromatic heterocycles. The van der Waals surface area contributed by atoms with Crippen LogP contribution >= 0.6 is 0 Å². The van der Waals surface area contributed by atoms with Gasteiger partial charge >= 0.3 is 0 Å². The summed E-state index contributed by atoms with van der Waals surface area (Å²) in [6.45, 7) is 0.455. The maximum absolute atomic E-state index is 9.45. The SMILES string of the molecule is COc1ccc(-c2nc3cc(OC)c(OC)cc3n2CCO)cc1. The Kier molecular flexibility index (Phi) is 4.57. The van der Waals surface area contributed by atoms with Crippen LogP contribution in [-0.4, -0.2) is 42.6 Å². The summed E-state index contributed by atoms with van der Waals surface area (Å²) in [5, 5.41) is 9.45. The van der Waals surface area contributed by atoms with E-state index in [1.54, 1.807) is 21.3 Å². The molecule has 0 bridgehead atoms. The monoisotopic (exact) mass is 328 g/mol. The van der Waals surface area contributed by atoms with Gasteiger partial charge in [0.25, 0.3) is 0 Å². The average molecular weight is 328 g/mol. The lowest BCUT2D eigenvalue weighted by atomic mass is 10.2. The second-order valence-electron chi connectivity index (χ2n) is 5.24. The first-order chi connectivity index (χ1) is 11.7. The molecule has 0 aliphatic carbocycles. The normalized spacial score (nSPS) is 10.8. The molecule has 126 valence electrons. The van der Waals surface area contributed by atoms with Gasteiger partial charge in [0.1, 0.15) is 11.6 Å². The number of hydrogen-bond donors (Lipinski definition) is 1. The van der Waals surface area contributed by atoms with E-state index in [0.29, 0.717) is 18.0 Å². The summed E-state index contributed by atoms with van der Waals surface area (Å²) in [7, 11) is 4.83. The lowest BCUT2D eigenvalue weighted by Crippen LogP contribution is -2.04. The van der Waals surface area contributed by atoms with Crippen LogP contribution < -0.4 is 14.2 Å². The van der Waals surface area contributed by atoms with Crippen LogP contribution in [0.2, 0.25) is 0 Å². The van der Waals surface area contributed by atoms with Crippen LogP contribution in [0.5, 0.6) is 17.2 Å². The number of benzene rings is 2. The predicted octanol–water partition coefficient (Wildman–Crippen LogP) is 2.72. The fraction of sp³-hybridized carbons (Fsp3) is 0.278. The molecule has 2 aromatic carbocycles. The number of ether oxygens (including phenoxy) is 3. The number of methoxy groups -OCH3 is 3. The summed E-state index contributed by atoms with van der Waals surface area (Å²) in [6, 6.07) is 11.4. The third-order valence-electron chi connectivity index (χ3n) is 3.93. The van der Waals surface area contributed by atoms with E-state index in [-0.39, 0.29) is 6.61 Å². The Morgan fingerprint density at radius 1 is 0.958 bits per heavy atom. The molecule has 0 saturated heterocycles. The Balaban J connectivity index is 2.20. The van der Waals surface area contributed by atoms with Crippen LogP contribution in [0.15, 0.2) is 36.4 Å². The van der Waals surface area contributed by atoms with Gasteiger partial charge in [-0.3, -0.25) is 0 Å². The van der Waals surface area contributed by atoms with Crippen molar-refractivity contribution in [1.29, 1.82) is 0 Å². The van der Waals surface area contributed by atoms with Crippen molar-refractivity contribution in [3.63, 3.8) is 0 Å². The number of aliphatic hydroxyl groups is 1. The molecule has 6 nitrogen and oxygen atoms in total. The van der Waals surface area contributed by atoms with Crippen molar-refractivity contribution in [3.05, 3.63) is 36.4 Å². The van der Waals surface area contributed by atoms with Gasteiger partial charge in [0.15, 0.2) is 11.5 Å². The van der Waals surface area contributed by atoms with Gasteiger partial charge in [0, 0.05) is 24.2 Å². The van der Waals surface area contributed by atoms with Gasteiger partial charge in [0.2, 0.25) is 0 Å². The lowest BCUT2D eigenvalue weighted by molar-refractivity contribution is 0.278. The molecule has 1 N–H and O–H groups in total. The zero-order valence-corrected chi connectivity index (χ0v) is 13.9. The Bertz CT molecular complexity index is 840. The fourth-order valence-corrected chi connectivity index (χ4v) is 2.74. The van der Waals surface area contributed by atoms with Gasteiger partial charge in [-0.2, -0.15) is 0 Å². The summed E-state index contributed by atoms with van der Waals surface area (Å²) >= 11 is 0. The minimum atomic E-state index is 0.0168. The lowest BCUT2D eigenvalue weighted by Gasteiger charge is -2.10. The van der Waals surface area contributed by atoms with Gasteiger partial charge in [-0.1, -0.05) is 0 Å². The van der Waals surface area contributed by atoms with Gasteiger partial charge < -0.3 is 23.9 Å². The van der Waals surface area contributed by atoms with Crippen molar-refractivity contribution in [3.8, 4) is 28.6 Å². The Morgan fingerprint density at radius 3 is 2.21 bits per heavy atom. The first kappa shape index (κ1) is 16.1. The van der Waals surface area contributed by atoms with Gasteiger partial charge in [-0.15, -0.1) is 0 Å². The minimum Gasteiger partial charge on any atom is -0.497 e. The molecular formula is C18H20N2O4. The standard InChI is InChI=1S/C18H20N2O4/c1-22-13-6-4-12(5-7-13)18-19-14-10-16(23-2)17(24-3)11-15(14)20(18)8-9-21/h4-7,10-11,21H,8-9H2,1-3H3. The molecule has 3 aromatic rings. The van der Waals surface area contributed by atoms with Crippen LogP contribution in [0, 0.1) is 0 Å². The first-order valence-electron chi connectivity index (χ1n) is 7.59. The van der Waals surface area contributed by atoms with Crippen molar-refractivity contribution < 1.29 is 19.3 Å². The molecule has 3 rings (SSSR count). The van der Waals surface area contributed by atoms with Crippen molar-refractivity contribution in [2.45, 2.75) is 6.54 Å². The number of rotatable bonds is 6. The van der Waals surface area contributed by atoms with Gasteiger partial charge in [-0.25, -0.2) is 4.98 Å². The molecule has 0 atom stereocenters. The van der Waals surface area contributed by atoms with E-state index in [4.69, 9.17) is 19.2 Å². The first-order valence-corrected chi connectivity index (χ1v) is 7.59. The highest BCUT2D eigenvalue weighted by Gasteiger charge is 2.16. The van der Waals surface area contributed by atoms with Crippen LogP contribution in [0.1, 0.15) is 0 Å². The molecule has 1 heterocycles. The van der Waals surface area contributed by atoms with Crippen molar-refractivity contribution in [2.24, 2.45) is 0 Å². The number of aliphatic hydroxyl groups excluding tert-OH is 1. The summed E-state index contributed by atoms with van der Waals surface area (Å²) < 4.78 is 17.9. The zero-order chi connectivity index (χ0) is 17.1. The Hall–Kier alpha value is -2.73. The van der Waals surface area contributed by atoms with Crippen LogP contribution in [0.3, 0.4) is 0 Å². The summed E-state index contributed by atoms with van der Waals surface area (Å²) in [4.78, 5) is 4.72. The molecule has 0 aliphatic rings. The molecule has 0 unspecified atom stereocenters. The van der Waals surface area contributed by atoms with Crippen molar-refractivity contribution in [2.75, 3.05) is 27.9 Å². The van der Waals surface area contributed by atoms with E-state index < -0.39 is 0 Å². The van der Waals surface area contributed by atoms with Crippen molar-refractivity contribution in [1.82, 2.24) is 9.55 Å². The largest absolute Gasteiger partial charge is 0.497 e. The van der Waals surface area contributed by atoms with E-state index >= 15 is 0 Å². The zero-order valence-electron chi connectivity index (χ0n) is 13.9. The molecule has 24 heavy (non-hydrogen) atoms. The number of aromatic nitrogens is 2. The molecule has 6 heteroatoms. The number of nitrogens with zero attached hydrogens (tertiary/aromatic N) is 2. The molecule has 0 amide bonds. The van der Waals surface area contributed by atoms with E-state index in [0.717, 1.165) is 28.2 Å². The van der Waals surface area contributed by atoms with Crippen molar-refractivity contribution >= 4 is 11.0 Å². The third-order valence-corrected chi connectivity index (χ3v) is 3.93. The molecule has 0 saturated carbocycles. The molecule has 0 spiro atoms. The third kappa shape index (κ3) is 2.76. The summed E-state index contributed by atoms with van der Waals surface area (Å²) in [5.41, 5.74) is 2.61. The second kappa shape index (κ2) is 6.80. The highest BCUT2D eigenvalue weighted by molar-refractivity contribution is 5.84. The Morgan fingerprint density at radius 2 is 1.62 bits per heavy atom. The van der Waals surface area contributed by atoms with E-state index in [2.05, 4.69) is 0 Å². The molecule has 0 fully saturated rings. The summed E-state index contributed by atoms with van der Waals surface area (Å²) in [5.74, 6) is 2.81. The Labute approximate surface area is 140 Å². The topological polar surface area (TPSA) is 65.7 Å². The molecule has 0 radical (unpaired) electrons. The van der Waals surface area contributed by atoms with Crippen LogP contribution in [-0.2, 0) is 6.54 Å². The molecule has 0 aliphatic heterocycles. The average Bonchev–Trinajstić information content (AvgIpc) is 2.98. The quantitative estimate of drug-likeness (QED) is 0.754. The van der Waals surface area contributed by atoms with E-state index in [1.807, 2.05) is 41.0 Å². The maximum Gasteiger partial charge on any atom is 0.163 e. The highest BCUT2D eigenvalue weighted by atomic mass is 16.5. The summed E-state index contributed by atoms with van der Waals surface area (Å²) in [6.07, 6.45) is 0. The second-order valence-corrected chi connectivity index (χ2v) is 5.24. The van der Waals surface area contributed by atoms with E-state index in [9.17, 15) is 5.11 Å². The predicted molar refractivity (Wildman–Crippen MR) is 91.9 cm³/mol. The highest BCUT2D eigenvalue weighted by Crippen LogP contribution is 2.34. The van der Waals surface area contributed by atoms with Gasteiger partial charge in [-0.05, 0) is 24.3 Å². The number of imidazole rings is 1. The molecular weight excluding hydrogens is 308 g/mol.